The molecule has 0 bridgehead atoms. The van der Waals surface area contributed by atoms with Crippen molar-refractivity contribution in [2.45, 2.75) is 45.7 Å². The SMILES string of the molecule is CCOC(=O)[C@H](N)[C@@H](C(C)C)N1CCCC1. The molecule has 0 unspecified atom stereocenters. The van der Waals surface area contributed by atoms with Crippen molar-refractivity contribution in [3.63, 3.8) is 0 Å². The molecule has 0 aliphatic carbocycles. The van der Waals surface area contributed by atoms with Gasteiger partial charge in [-0.3, -0.25) is 9.69 Å². The van der Waals surface area contributed by atoms with Gasteiger partial charge < -0.3 is 10.5 Å². The van der Waals surface area contributed by atoms with Crippen molar-refractivity contribution < 1.29 is 9.53 Å². The molecule has 1 saturated heterocycles. The van der Waals surface area contributed by atoms with Crippen molar-refractivity contribution in [3.05, 3.63) is 0 Å². The van der Waals surface area contributed by atoms with Crippen LogP contribution >= 0.6 is 0 Å². The fraction of sp³-hybridized carbons (Fsp3) is 0.917. The maximum absolute atomic E-state index is 11.7. The van der Waals surface area contributed by atoms with Gasteiger partial charge in [0.2, 0.25) is 0 Å². The Bertz CT molecular complexity index is 225. The van der Waals surface area contributed by atoms with Gasteiger partial charge in [-0.05, 0) is 38.8 Å². The molecule has 1 aliphatic rings. The first-order valence-corrected chi connectivity index (χ1v) is 6.24. The highest BCUT2D eigenvalue weighted by Crippen LogP contribution is 2.20. The first-order chi connectivity index (χ1) is 7.57. The van der Waals surface area contributed by atoms with E-state index in [-0.39, 0.29) is 12.0 Å². The van der Waals surface area contributed by atoms with E-state index in [1.165, 1.54) is 12.8 Å². The van der Waals surface area contributed by atoms with E-state index in [1.54, 1.807) is 0 Å². The summed E-state index contributed by atoms with van der Waals surface area (Å²) in [6, 6.07) is -0.403. The monoisotopic (exact) mass is 228 g/mol. The Morgan fingerprint density at radius 2 is 1.94 bits per heavy atom. The summed E-state index contributed by atoms with van der Waals surface area (Å²) in [4.78, 5) is 14.0. The lowest BCUT2D eigenvalue weighted by atomic mass is 9.95. The van der Waals surface area contributed by atoms with Gasteiger partial charge in [-0.2, -0.15) is 0 Å². The standard InChI is InChI=1S/C12H24N2O2/c1-4-16-12(15)10(13)11(9(2)3)14-7-5-6-8-14/h9-11H,4-8,13H2,1-3H3/t10-,11-/m1/s1. The molecular weight excluding hydrogens is 204 g/mol. The fourth-order valence-corrected chi connectivity index (χ4v) is 2.48. The number of hydrogen-bond acceptors (Lipinski definition) is 4. The minimum Gasteiger partial charge on any atom is -0.465 e. The third-order valence-corrected chi connectivity index (χ3v) is 3.17. The third-order valence-electron chi connectivity index (χ3n) is 3.17. The summed E-state index contributed by atoms with van der Waals surface area (Å²) in [5.41, 5.74) is 6.01. The number of ether oxygens (including phenoxy) is 1. The van der Waals surface area contributed by atoms with Gasteiger partial charge in [-0.25, -0.2) is 0 Å². The number of esters is 1. The number of carbonyl (C=O) groups excluding carboxylic acids is 1. The van der Waals surface area contributed by atoms with E-state index in [0.717, 1.165) is 13.1 Å². The predicted octanol–water partition coefficient (Wildman–Crippen LogP) is 0.997. The Kier molecular flexibility index (Phi) is 5.22. The zero-order valence-corrected chi connectivity index (χ0v) is 10.6. The van der Waals surface area contributed by atoms with E-state index in [2.05, 4.69) is 18.7 Å². The van der Waals surface area contributed by atoms with Crippen molar-refractivity contribution >= 4 is 5.97 Å². The zero-order valence-electron chi connectivity index (χ0n) is 10.6. The van der Waals surface area contributed by atoms with Gasteiger partial charge in [0.25, 0.3) is 0 Å². The molecule has 1 aliphatic heterocycles. The van der Waals surface area contributed by atoms with Gasteiger partial charge in [-0.1, -0.05) is 13.8 Å². The average Bonchev–Trinajstić information content (AvgIpc) is 2.71. The van der Waals surface area contributed by atoms with Crippen molar-refractivity contribution in [2.24, 2.45) is 11.7 Å². The van der Waals surface area contributed by atoms with E-state index >= 15 is 0 Å². The van der Waals surface area contributed by atoms with Crippen LogP contribution in [0.25, 0.3) is 0 Å². The highest BCUT2D eigenvalue weighted by atomic mass is 16.5. The van der Waals surface area contributed by atoms with Crippen LogP contribution in [0.1, 0.15) is 33.6 Å². The lowest BCUT2D eigenvalue weighted by Gasteiger charge is -2.34. The van der Waals surface area contributed by atoms with Crippen LogP contribution in [0.4, 0.5) is 0 Å². The second-order valence-electron chi connectivity index (χ2n) is 4.76. The molecule has 4 nitrogen and oxygen atoms in total. The van der Waals surface area contributed by atoms with Gasteiger partial charge in [0.15, 0.2) is 0 Å². The lowest BCUT2D eigenvalue weighted by molar-refractivity contribution is -0.146. The fourth-order valence-electron chi connectivity index (χ4n) is 2.48. The smallest absolute Gasteiger partial charge is 0.324 e. The minimum absolute atomic E-state index is 0.113. The summed E-state index contributed by atoms with van der Waals surface area (Å²) in [5, 5.41) is 0. The Morgan fingerprint density at radius 3 is 2.38 bits per heavy atom. The quantitative estimate of drug-likeness (QED) is 0.713. The maximum Gasteiger partial charge on any atom is 0.324 e. The predicted molar refractivity (Wildman–Crippen MR) is 64.0 cm³/mol. The summed E-state index contributed by atoms with van der Waals surface area (Å²) < 4.78 is 5.00. The van der Waals surface area contributed by atoms with E-state index < -0.39 is 6.04 Å². The third kappa shape index (κ3) is 3.19. The summed E-state index contributed by atoms with van der Waals surface area (Å²) >= 11 is 0. The Hall–Kier alpha value is -0.610. The first kappa shape index (κ1) is 13.5. The van der Waals surface area contributed by atoms with Gasteiger partial charge in [-0.15, -0.1) is 0 Å². The number of nitrogens with zero attached hydrogens (tertiary/aromatic N) is 1. The molecule has 16 heavy (non-hydrogen) atoms. The molecule has 1 fully saturated rings. The molecular formula is C12H24N2O2. The van der Waals surface area contributed by atoms with Crippen LogP contribution in [0.5, 0.6) is 0 Å². The summed E-state index contributed by atoms with van der Waals surface area (Å²) in [6.45, 7) is 8.54. The zero-order chi connectivity index (χ0) is 12.1. The number of likely N-dealkylation sites (tertiary alicyclic amines) is 1. The van der Waals surface area contributed by atoms with Crippen LogP contribution in [-0.4, -0.2) is 42.6 Å². The van der Waals surface area contributed by atoms with Crippen molar-refractivity contribution in [1.82, 2.24) is 4.90 Å². The average molecular weight is 228 g/mol. The molecule has 1 rings (SSSR count). The van der Waals surface area contributed by atoms with Gasteiger partial charge in [0.05, 0.1) is 6.61 Å². The van der Waals surface area contributed by atoms with E-state index in [1.807, 2.05) is 6.92 Å². The van der Waals surface area contributed by atoms with E-state index in [0.29, 0.717) is 12.5 Å². The second-order valence-corrected chi connectivity index (χ2v) is 4.76. The Morgan fingerprint density at radius 1 is 1.38 bits per heavy atom. The largest absolute Gasteiger partial charge is 0.465 e. The Labute approximate surface area is 98.1 Å². The Balaban J connectivity index is 2.64. The molecule has 0 saturated carbocycles. The molecule has 2 N–H and O–H groups in total. The molecule has 2 atom stereocenters. The number of carbonyl (C=O) groups is 1. The van der Waals surface area contributed by atoms with Crippen LogP contribution in [-0.2, 0) is 9.53 Å². The van der Waals surface area contributed by atoms with Crippen LogP contribution in [0.3, 0.4) is 0 Å². The molecule has 94 valence electrons. The van der Waals surface area contributed by atoms with Crippen LogP contribution in [0.15, 0.2) is 0 Å². The van der Waals surface area contributed by atoms with Gasteiger partial charge in [0, 0.05) is 6.04 Å². The molecule has 0 aromatic rings. The molecule has 4 heteroatoms. The molecule has 1 heterocycles. The number of hydrogen-bond donors (Lipinski definition) is 1. The molecule has 0 aromatic heterocycles. The normalized spacial score (nSPS) is 21.1. The summed E-state index contributed by atoms with van der Waals surface area (Å²) in [5.74, 6) is 0.102. The van der Waals surface area contributed by atoms with Crippen molar-refractivity contribution in [2.75, 3.05) is 19.7 Å². The summed E-state index contributed by atoms with van der Waals surface area (Å²) in [7, 11) is 0. The molecule has 0 aromatic carbocycles. The van der Waals surface area contributed by atoms with E-state index in [9.17, 15) is 4.79 Å². The van der Waals surface area contributed by atoms with Crippen LogP contribution < -0.4 is 5.73 Å². The van der Waals surface area contributed by atoms with E-state index in [4.69, 9.17) is 10.5 Å². The maximum atomic E-state index is 11.7. The van der Waals surface area contributed by atoms with Crippen LogP contribution in [0.2, 0.25) is 0 Å². The summed E-state index contributed by atoms with van der Waals surface area (Å²) in [6.07, 6.45) is 2.41. The lowest BCUT2D eigenvalue weighted by Crippen LogP contribution is -2.54. The molecule has 0 spiro atoms. The minimum atomic E-state index is -0.516. The first-order valence-electron chi connectivity index (χ1n) is 6.24. The highest BCUT2D eigenvalue weighted by Gasteiger charge is 2.34. The topological polar surface area (TPSA) is 55.6 Å². The number of rotatable bonds is 5. The van der Waals surface area contributed by atoms with Crippen molar-refractivity contribution in [3.8, 4) is 0 Å². The van der Waals surface area contributed by atoms with Crippen molar-refractivity contribution in [1.29, 1.82) is 0 Å². The highest BCUT2D eigenvalue weighted by molar-refractivity contribution is 5.76. The molecule has 0 radical (unpaired) electrons. The van der Waals surface area contributed by atoms with Gasteiger partial charge in [0.1, 0.15) is 6.04 Å². The number of nitrogens with two attached hydrogens (primary N) is 1. The second kappa shape index (κ2) is 6.21. The molecule has 0 amide bonds. The van der Waals surface area contributed by atoms with Gasteiger partial charge >= 0.3 is 5.97 Å². The van der Waals surface area contributed by atoms with Crippen LogP contribution in [0, 0.1) is 5.92 Å².